The van der Waals surface area contributed by atoms with Gasteiger partial charge in [-0.2, -0.15) is 0 Å². The molecule has 31 heavy (non-hydrogen) atoms. The predicted octanol–water partition coefficient (Wildman–Crippen LogP) is 6.18. The smallest absolute Gasteiger partial charge is 0.172 e. The van der Waals surface area contributed by atoms with E-state index < -0.39 is 11.4 Å². The van der Waals surface area contributed by atoms with Crippen molar-refractivity contribution in [2.24, 2.45) is 51.8 Å². The molecule has 1 N–H and O–H groups in total. The Hall–Kier alpha value is -0.120. The lowest BCUT2D eigenvalue weighted by molar-refractivity contribution is -0.226. The molecular formula is C28H46O3. The van der Waals surface area contributed by atoms with E-state index in [2.05, 4.69) is 27.7 Å². The van der Waals surface area contributed by atoms with E-state index in [0.29, 0.717) is 40.6 Å². The normalized spacial score (nSPS) is 58.1. The van der Waals surface area contributed by atoms with Gasteiger partial charge in [0.25, 0.3) is 0 Å². The monoisotopic (exact) mass is 430 g/mol. The summed E-state index contributed by atoms with van der Waals surface area (Å²) in [6, 6.07) is 0. The molecule has 5 saturated carbocycles. The number of rotatable bonds is 2. The van der Waals surface area contributed by atoms with Crippen LogP contribution in [0.1, 0.15) is 99.3 Å². The highest BCUT2D eigenvalue weighted by atomic mass is 16.8. The molecule has 0 aromatic heterocycles. The largest absolute Gasteiger partial charge is 0.388 e. The lowest BCUT2D eigenvalue weighted by atomic mass is 9.49. The van der Waals surface area contributed by atoms with Crippen LogP contribution in [0.2, 0.25) is 0 Å². The van der Waals surface area contributed by atoms with Crippen LogP contribution in [-0.2, 0) is 9.47 Å². The molecule has 0 bridgehead atoms. The summed E-state index contributed by atoms with van der Waals surface area (Å²) in [5.74, 6) is 3.95. The van der Waals surface area contributed by atoms with Crippen molar-refractivity contribution < 1.29 is 14.6 Å². The zero-order valence-corrected chi connectivity index (χ0v) is 20.9. The van der Waals surface area contributed by atoms with Gasteiger partial charge < -0.3 is 14.6 Å². The molecule has 0 aromatic rings. The van der Waals surface area contributed by atoms with Gasteiger partial charge in [-0.15, -0.1) is 0 Å². The van der Waals surface area contributed by atoms with Gasteiger partial charge in [0.2, 0.25) is 0 Å². The van der Waals surface area contributed by atoms with E-state index in [-0.39, 0.29) is 6.10 Å². The van der Waals surface area contributed by atoms with E-state index in [4.69, 9.17) is 9.47 Å². The fourth-order valence-electron chi connectivity index (χ4n) is 11.5. The molecule has 1 aliphatic heterocycles. The molecule has 1 heterocycles. The number of ether oxygens (including phenoxy) is 2. The third-order valence-corrected chi connectivity index (χ3v) is 12.3. The van der Waals surface area contributed by atoms with E-state index >= 15 is 0 Å². The van der Waals surface area contributed by atoms with Crippen LogP contribution in [0, 0.1) is 51.8 Å². The zero-order valence-electron chi connectivity index (χ0n) is 20.9. The van der Waals surface area contributed by atoms with Crippen molar-refractivity contribution in [1.29, 1.82) is 0 Å². The zero-order chi connectivity index (χ0) is 22.0. The molecule has 3 nitrogen and oxygen atoms in total. The first-order valence-corrected chi connectivity index (χ1v) is 13.6. The standard InChI is InChI=1S/C28H46O3/c1-17(2)23-25(6)13-14-27-18(3)26(27)12-8-7-9-19(26)10-11-20(27)21(25)15-28(23)30-16-22(31-28)24(4,5)29/h17-23,29H,7-16H2,1-6H3/t18-,19?,20+,21?,22+,23?,25+,26?,27+,28-/m1/s1. The summed E-state index contributed by atoms with van der Waals surface area (Å²) in [5.41, 5.74) is 0.729. The van der Waals surface area contributed by atoms with Crippen LogP contribution in [0.5, 0.6) is 0 Å². The number of aliphatic hydroxyl groups is 1. The Morgan fingerprint density at radius 2 is 1.74 bits per heavy atom. The molecule has 6 fully saturated rings. The van der Waals surface area contributed by atoms with Gasteiger partial charge in [-0.1, -0.05) is 40.5 Å². The van der Waals surface area contributed by atoms with Crippen molar-refractivity contribution >= 4 is 0 Å². The molecule has 0 radical (unpaired) electrons. The van der Waals surface area contributed by atoms with Crippen molar-refractivity contribution in [1.82, 2.24) is 0 Å². The topological polar surface area (TPSA) is 38.7 Å². The summed E-state index contributed by atoms with van der Waals surface area (Å²) in [6.45, 7) is 14.3. The highest BCUT2D eigenvalue weighted by molar-refractivity contribution is 5.30. The molecule has 5 aliphatic carbocycles. The van der Waals surface area contributed by atoms with E-state index in [9.17, 15) is 5.11 Å². The highest BCUT2D eigenvalue weighted by Crippen LogP contribution is 2.88. The molecule has 0 aromatic carbocycles. The lowest BCUT2D eigenvalue weighted by Gasteiger charge is -2.55. The minimum atomic E-state index is -0.851. The third kappa shape index (κ3) is 2.38. The Bertz CT molecular complexity index is 756. The van der Waals surface area contributed by atoms with Crippen LogP contribution < -0.4 is 0 Å². The maximum Gasteiger partial charge on any atom is 0.172 e. The summed E-state index contributed by atoms with van der Waals surface area (Å²) in [4.78, 5) is 0. The SMILES string of the molecule is CC(C)C1[C@]2(CC3[C@@H]4CCC5CCCCC56[C@@H](C)[C@@]46CC[C@@]31C)OC[C@@H](C(C)(C)O)O2. The molecule has 0 amide bonds. The van der Waals surface area contributed by atoms with Crippen LogP contribution in [0.25, 0.3) is 0 Å². The van der Waals surface area contributed by atoms with Gasteiger partial charge >= 0.3 is 0 Å². The van der Waals surface area contributed by atoms with Crippen molar-refractivity contribution in [3.8, 4) is 0 Å². The molecule has 4 unspecified atom stereocenters. The first-order chi connectivity index (χ1) is 14.5. The maximum absolute atomic E-state index is 10.7. The Kier molecular flexibility index (Phi) is 4.35. The number of hydrogen-bond donors (Lipinski definition) is 1. The quantitative estimate of drug-likeness (QED) is 0.568. The summed E-state index contributed by atoms with van der Waals surface area (Å²) in [6.07, 6.45) is 12.5. The van der Waals surface area contributed by atoms with E-state index in [1.807, 2.05) is 13.8 Å². The summed E-state index contributed by atoms with van der Waals surface area (Å²) in [7, 11) is 0. The van der Waals surface area contributed by atoms with Crippen LogP contribution in [0.15, 0.2) is 0 Å². The van der Waals surface area contributed by atoms with Gasteiger partial charge in [0, 0.05) is 12.3 Å². The third-order valence-electron chi connectivity index (χ3n) is 12.3. The van der Waals surface area contributed by atoms with Crippen molar-refractivity contribution in [2.45, 2.75) is 117 Å². The van der Waals surface area contributed by atoms with Gasteiger partial charge in [-0.05, 0) is 98.2 Å². The van der Waals surface area contributed by atoms with Gasteiger partial charge in [0.15, 0.2) is 5.79 Å². The van der Waals surface area contributed by atoms with Gasteiger partial charge in [0.1, 0.15) is 6.10 Å². The molecule has 6 rings (SSSR count). The van der Waals surface area contributed by atoms with Crippen molar-refractivity contribution in [3.63, 3.8) is 0 Å². The van der Waals surface area contributed by atoms with Gasteiger partial charge in [-0.25, -0.2) is 0 Å². The minimum absolute atomic E-state index is 0.216. The Balaban J connectivity index is 1.38. The van der Waals surface area contributed by atoms with Gasteiger partial charge in [-0.3, -0.25) is 0 Å². The molecule has 6 aliphatic rings. The maximum atomic E-state index is 10.7. The molecule has 1 saturated heterocycles. The summed E-state index contributed by atoms with van der Waals surface area (Å²) < 4.78 is 13.4. The fraction of sp³-hybridized carbons (Fsp3) is 1.00. The average molecular weight is 431 g/mol. The van der Waals surface area contributed by atoms with Crippen molar-refractivity contribution in [3.05, 3.63) is 0 Å². The molecule has 10 atom stereocenters. The minimum Gasteiger partial charge on any atom is -0.388 e. The van der Waals surface area contributed by atoms with E-state index in [1.165, 1.54) is 51.4 Å². The second kappa shape index (κ2) is 6.30. The summed E-state index contributed by atoms with van der Waals surface area (Å²) >= 11 is 0. The molecular weight excluding hydrogens is 384 g/mol. The van der Waals surface area contributed by atoms with Crippen molar-refractivity contribution in [2.75, 3.05) is 6.61 Å². The Morgan fingerprint density at radius 1 is 0.968 bits per heavy atom. The Morgan fingerprint density at radius 3 is 2.42 bits per heavy atom. The molecule has 176 valence electrons. The lowest BCUT2D eigenvalue weighted by Crippen LogP contribution is -2.50. The second-order valence-corrected chi connectivity index (χ2v) is 13.9. The predicted molar refractivity (Wildman–Crippen MR) is 122 cm³/mol. The average Bonchev–Trinajstić information content (AvgIpc) is 2.99. The first-order valence-electron chi connectivity index (χ1n) is 13.6. The van der Waals surface area contributed by atoms with Crippen LogP contribution >= 0.6 is 0 Å². The van der Waals surface area contributed by atoms with Crippen LogP contribution in [0.3, 0.4) is 0 Å². The highest BCUT2D eigenvalue weighted by Gasteiger charge is 2.83. The van der Waals surface area contributed by atoms with Crippen LogP contribution in [-0.4, -0.2) is 29.2 Å². The van der Waals surface area contributed by atoms with Gasteiger partial charge in [0.05, 0.1) is 12.2 Å². The summed E-state index contributed by atoms with van der Waals surface area (Å²) in [5, 5.41) is 10.7. The number of fused-ring (bicyclic) bond motifs is 2. The number of hydrogen-bond acceptors (Lipinski definition) is 3. The Labute approximate surface area is 190 Å². The van der Waals surface area contributed by atoms with E-state index in [1.54, 1.807) is 0 Å². The van der Waals surface area contributed by atoms with Crippen LogP contribution in [0.4, 0.5) is 0 Å². The second-order valence-electron chi connectivity index (χ2n) is 13.9. The fourth-order valence-corrected chi connectivity index (χ4v) is 11.5. The van der Waals surface area contributed by atoms with E-state index in [0.717, 1.165) is 24.2 Å². The molecule has 3 heteroatoms. The first kappa shape index (κ1) is 21.4. The molecule has 3 spiro atoms.